The molecule has 1 aliphatic carbocycles. The first-order valence-electron chi connectivity index (χ1n) is 9.64. The first-order valence-corrected chi connectivity index (χ1v) is 9.64. The third kappa shape index (κ3) is 5.33. The minimum atomic E-state index is -0.998. The molecular formula is C22H21N5O3. The van der Waals surface area contributed by atoms with Crippen LogP contribution in [0.5, 0.6) is 0 Å². The number of esters is 1. The summed E-state index contributed by atoms with van der Waals surface area (Å²) in [5.41, 5.74) is 1.69. The van der Waals surface area contributed by atoms with Crippen molar-refractivity contribution < 1.29 is 14.3 Å². The van der Waals surface area contributed by atoms with Crippen LogP contribution in [0, 0.1) is 22.7 Å². The lowest BCUT2D eigenvalue weighted by molar-refractivity contribution is -0.150. The average molecular weight is 403 g/mol. The number of hydrogen-bond acceptors (Lipinski definition) is 6. The number of carbonyl (C=O) groups is 2. The molecule has 0 aliphatic heterocycles. The van der Waals surface area contributed by atoms with Gasteiger partial charge in [0, 0.05) is 23.4 Å². The van der Waals surface area contributed by atoms with Crippen molar-refractivity contribution in [2.24, 2.45) is 0 Å². The van der Waals surface area contributed by atoms with Gasteiger partial charge in [-0.1, -0.05) is 30.3 Å². The van der Waals surface area contributed by atoms with Gasteiger partial charge in [0.15, 0.2) is 6.10 Å². The van der Waals surface area contributed by atoms with Crippen molar-refractivity contribution in [1.82, 2.24) is 15.1 Å². The summed E-state index contributed by atoms with van der Waals surface area (Å²) < 4.78 is 6.77. The molecule has 152 valence electrons. The predicted octanol–water partition coefficient (Wildman–Crippen LogP) is 2.58. The van der Waals surface area contributed by atoms with Gasteiger partial charge >= 0.3 is 5.97 Å². The normalized spacial score (nSPS) is 14.3. The number of nitrogens with zero attached hydrogens (tertiary/aromatic N) is 4. The summed E-state index contributed by atoms with van der Waals surface area (Å²) in [4.78, 5) is 24.5. The van der Waals surface area contributed by atoms with Crippen molar-refractivity contribution >= 4 is 18.0 Å². The Morgan fingerprint density at radius 2 is 2.07 bits per heavy atom. The van der Waals surface area contributed by atoms with Crippen molar-refractivity contribution in [3.63, 3.8) is 0 Å². The Morgan fingerprint density at radius 3 is 2.70 bits per heavy atom. The highest BCUT2D eigenvalue weighted by atomic mass is 16.5. The van der Waals surface area contributed by atoms with E-state index in [1.807, 2.05) is 36.4 Å². The standard InChI is InChI=1S/C22H21N5O3/c1-15(21(28)25-19-8-9-19)30-22(29)17(13-24)12-18-14-27(11-5-10-23)26-20(18)16-6-3-2-4-7-16/h2-4,6-7,12,14-15,19H,5,8-9,11H2,1H3,(H,25,28)/b17-12+/t15-/m1/s1. The SMILES string of the molecule is C[C@@H](OC(=O)/C(C#N)=C/c1cn(CCC#N)nc1-c1ccccc1)C(=O)NC1CC1. The van der Waals surface area contributed by atoms with Crippen molar-refractivity contribution in [3.05, 3.63) is 47.7 Å². The molecular weight excluding hydrogens is 382 g/mol. The van der Waals surface area contributed by atoms with Crippen LogP contribution in [0.1, 0.15) is 31.7 Å². The topological polar surface area (TPSA) is 121 Å². The molecule has 1 aromatic carbocycles. The zero-order valence-electron chi connectivity index (χ0n) is 16.5. The molecule has 2 aromatic rings. The smallest absolute Gasteiger partial charge is 0.349 e. The Morgan fingerprint density at radius 1 is 1.33 bits per heavy atom. The highest BCUT2D eigenvalue weighted by Gasteiger charge is 2.28. The second-order valence-electron chi connectivity index (χ2n) is 6.97. The fourth-order valence-corrected chi connectivity index (χ4v) is 2.76. The molecule has 1 heterocycles. The van der Waals surface area contributed by atoms with E-state index < -0.39 is 12.1 Å². The van der Waals surface area contributed by atoms with Gasteiger partial charge in [-0.3, -0.25) is 9.48 Å². The van der Waals surface area contributed by atoms with E-state index in [-0.39, 0.29) is 23.9 Å². The number of aromatic nitrogens is 2. The molecule has 0 spiro atoms. The predicted molar refractivity (Wildman–Crippen MR) is 108 cm³/mol. The minimum Gasteiger partial charge on any atom is -0.448 e. The van der Waals surface area contributed by atoms with E-state index in [1.165, 1.54) is 13.0 Å². The minimum absolute atomic E-state index is 0.150. The van der Waals surface area contributed by atoms with Crippen LogP contribution in [0.25, 0.3) is 17.3 Å². The summed E-state index contributed by atoms with van der Waals surface area (Å²) in [5, 5.41) is 25.6. The summed E-state index contributed by atoms with van der Waals surface area (Å²) in [6, 6.07) is 13.4. The van der Waals surface area contributed by atoms with Crippen molar-refractivity contribution in [3.8, 4) is 23.4 Å². The molecule has 1 amide bonds. The summed E-state index contributed by atoms with van der Waals surface area (Å²) >= 11 is 0. The summed E-state index contributed by atoms with van der Waals surface area (Å²) in [6.07, 6.45) is 4.20. The highest BCUT2D eigenvalue weighted by Crippen LogP contribution is 2.24. The highest BCUT2D eigenvalue weighted by molar-refractivity contribution is 6.00. The fraction of sp³-hybridized carbons (Fsp3) is 0.318. The second-order valence-corrected chi connectivity index (χ2v) is 6.97. The molecule has 0 unspecified atom stereocenters. The monoisotopic (exact) mass is 403 g/mol. The Balaban J connectivity index is 1.83. The number of hydrogen-bond donors (Lipinski definition) is 1. The number of aryl methyl sites for hydroxylation is 1. The molecule has 0 bridgehead atoms. The Hall–Kier alpha value is -3.91. The molecule has 1 aliphatic rings. The van der Waals surface area contributed by atoms with Gasteiger partial charge in [0.2, 0.25) is 0 Å². The lowest BCUT2D eigenvalue weighted by Crippen LogP contribution is -2.37. The van der Waals surface area contributed by atoms with Gasteiger partial charge in [-0.05, 0) is 25.8 Å². The van der Waals surface area contributed by atoms with E-state index in [0.29, 0.717) is 17.8 Å². The lowest BCUT2D eigenvalue weighted by Gasteiger charge is -2.12. The Labute approximate surface area is 174 Å². The Kier molecular flexibility index (Phi) is 6.61. The second kappa shape index (κ2) is 9.53. The van der Waals surface area contributed by atoms with Gasteiger partial charge < -0.3 is 10.1 Å². The van der Waals surface area contributed by atoms with Crippen LogP contribution in [0.15, 0.2) is 42.1 Å². The lowest BCUT2D eigenvalue weighted by atomic mass is 10.1. The largest absolute Gasteiger partial charge is 0.448 e. The van der Waals surface area contributed by atoms with Crippen molar-refractivity contribution in [2.45, 2.75) is 44.9 Å². The molecule has 1 aromatic heterocycles. The van der Waals surface area contributed by atoms with Crippen LogP contribution in [-0.2, 0) is 20.9 Å². The molecule has 8 heteroatoms. The fourth-order valence-electron chi connectivity index (χ4n) is 2.76. The van der Waals surface area contributed by atoms with E-state index >= 15 is 0 Å². The quantitative estimate of drug-likeness (QED) is 0.411. The maximum absolute atomic E-state index is 12.5. The zero-order chi connectivity index (χ0) is 21.5. The molecule has 30 heavy (non-hydrogen) atoms. The number of ether oxygens (including phenoxy) is 1. The molecule has 3 rings (SSSR count). The van der Waals surface area contributed by atoms with E-state index in [4.69, 9.17) is 10.00 Å². The summed E-state index contributed by atoms with van der Waals surface area (Å²) in [7, 11) is 0. The number of nitrogens with one attached hydrogen (secondary N) is 1. The molecule has 0 saturated heterocycles. The van der Waals surface area contributed by atoms with E-state index in [0.717, 1.165) is 18.4 Å². The van der Waals surface area contributed by atoms with Crippen LogP contribution in [0.4, 0.5) is 0 Å². The molecule has 1 saturated carbocycles. The first-order chi connectivity index (χ1) is 14.5. The summed E-state index contributed by atoms with van der Waals surface area (Å²) in [6.45, 7) is 1.86. The molecule has 0 radical (unpaired) electrons. The number of benzene rings is 1. The maximum Gasteiger partial charge on any atom is 0.349 e. The maximum atomic E-state index is 12.5. The van der Waals surface area contributed by atoms with Gasteiger partial charge in [-0.25, -0.2) is 4.79 Å². The summed E-state index contributed by atoms with van der Waals surface area (Å²) in [5.74, 6) is -1.25. The average Bonchev–Trinajstić information content (AvgIpc) is 3.48. The molecule has 1 N–H and O–H groups in total. The van der Waals surface area contributed by atoms with Gasteiger partial charge in [-0.2, -0.15) is 15.6 Å². The number of carbonyl (C=O) groups excluding carboxylic acids is 2. The van der Waals surface area contributed by atoms with Crippen LogP contribution in [0.3, 0.4) is 0 Å². The van der Waals surface area contributed by atoms with Crippen molar-refractivity contribution in [2.75, 3.05) is 0 Å². The molecule has 8 nitrogen and oxygen atoms in total. The van der Waals surface area contributed by atoms with Crippen LogP contribution in [-0.4, -0.2) is 33.8 Å². The third-order valence-corrected chi connectivity index (χ3v) is 4.51. The third-order valence-electron chi connectivity index (χ3n) is 4.51. The van der Waals surface area contributed by atoms with Crippen LogP contribution in [0.2, 0.25) is 0 Å². The first kappa shape index (κ1) is 20.8. The van der Waals surface area contributed by atoms with E-state index in [1.54, 1.807) is 10.9 Å². The van der Waals surface area contributed by atoms with Gasteiger partial charge in [0.1, 0.15) is 11.6 Å². The zero-order valence-corrected chi connectivity index (χ0v) is 16.5. The molecule has 1 fully saturated rings. The molecule has 1 atom stereocenters. The van der Waals surface area contributed by atoms with Gasteiger partial charge in [-0.15, -0.1) is 0 Å². The number of nitriles is 2. The number of amides is 1. The Bertz CT molecular complexity index is 1040. The van der Waals surface area contributed by atoms with Gasteiger partial charge in [0.25, 0.3) is 5.91 Å². The van der Waals surface area contributed by atoms with Crippen LogP contribution >= 0.6 is 0 Å². The van der Waals surface area contributed by atoms with Gasteiger partial charge in [0.05, 0.1) is 24.7 Å². The van der Waals surface area contributed by atoms with E-state index in [2.05, 4.69) is 16.5 Å². The van der Waals surface area contributed by atoms with Crippen molar-refractivity contribution in [1.29, 1.82) is 10.5 Å². The van der Waals surface area contributed by atoms with E-state index in [9.17, 15) is 14.9 Å². The number of rotatable bonds is 8. The van der Waals surface area contributed by atoms with Crippen LogP contribution < -0.4 is 5.32 Å².